The van der Waals surface area contributed by atoms with Crippen LogP contribution in [-0.4, -0.2) is 66.9 Å². The van der Waals surface area contributed by atoms with Crippen molar-refractivity contribution < 1.29 is 27.9 Å². The molecule has 45 heavy (non-hydrogen) atoms. The standard InChI is InChI=1S/C36H39F2N3O4/c37-30-12-8-27(9-13-30)35(28-10-14-31(38)15-11-28)45-25-5-4-21-40-23-19-36(20-24-40,29-6-2-1-3-7-29)26-39-32(42)18-22-41-33(43)16-17-34(41)44/h1-3,6-17,35H,4-5,18-26H2,(H,39,42). The molecule has 9 heteroatoms. The molecule has 3 aromatic rings. The first kappa shape index (κ1) is 32.2. The number of benzene rings is 3. The van der Waals surface area contributed by atoms with E-state index in [1.54, 1.807) is 24.3 Å². The highest BCUT2D eigenvalue weighted by molar-refractivity contribution is 6.13. The molecule has 0 radical (unpaired) electrons. The van der Waals surface area contributed by atoms with Crippen LogP contribution in [0.5, 0.6) is 0 Å². The lowest BCUT2D eigenvalue weighted by atomic mass is 9.72. The molecule has 236 valence electrons. The second kappa shape index (κ2) is 15.2. The second-order valence-electron chi connectivity index (χ2n) is 11.7. The number of nitrogens with one attached hydrogen (secondary N) is 1. The molecular weight excluding hydrogens is 576 g/mol. The largest absolute Gasteiger partial charge is 0.369 e. The summed E-state index contributed by atoms with van der Waals surface area (Å²) in [5.74, 6) is -1.58. The number of carbonyl (C=O) groups is 3. The maximum Gasteiger partial charge on any atom is 0.253 e. The summed E-state index contributed by atoms with van der Waals surface area (Å²) >= 11 is 0. The third kappa shape index (κ3) is 8.49. The normalized spacial score (nSPS) is 16.5. The summed E-state index contributed by atoms with van der Waals surface area (Å²) in [6.07, 6.45) is 5.67. The average molecular weight is 616 g/mol. The van der Waals surface area contributed by atoms with Gasteiger partial charge in [-0.15, -0.1) is 0 Å². The Kier molecular flexibility index (Phi) is 10.9. The SMILES string of the molecule is O=C(CCN1C(=O)C=CC1=O)NCC1(c2ccccc2)CCN(CCCCOC(c2ccc(F)cc2)c2ccc(F)cc2)CC1. The van der Waals surface area contributed by atoms with Crippen LogP contribution in [0.25, 0.3) is 0 Å². The Labute approximate surface area is 262 Å². The number of amides is 3. The van der Waals surface area contributed by atoms with Crippen molar-refractivity contribution in [1.82, 2.24) is 15.1 Å². The van der Waals surface area contributed by atoms with Crippen molar-refractivity contribution in [3.63, 3.8) is 0 Å². The Morgan fingerprint density at radius 2 is 1.38 bits per heavy atom. The van der Waals surface area contributed by atoms with E-state index >= 15 is 0 Å². The van der Waals surface area contributed by atoms with Gasteiger partial charge in [-0.3, -0.25) is 19.3 Å². The van der Waals surface area contributed by atoms with Gasteiger partial charge in [0.25, 0.3) is 11.8 Å². The van der Waals surface area contributed by atoms with Crippen LogP contribution in [0.1, 0.15) is 54.9 Å². The number of hydrogen-bond donors (Lipinski definition) is 1. The van der Waals surface area contributed by atoms with Gasteiger partial charge in [0.2, 0.25) is 5.91 Å². The molecule has 0 aromatic heterocycles. The van der Waals surface area contributed by atoms with E-state index in [4.69, 9.17) is 4.74 Å². The van der Waals surface area contributed by atoms with Gasteiger partial charge in [0.05, 0.1) is 0 Å². The first-order chi connectivity index (χ1) is 21.8. The number of ether oxygens (including phenoxy) is 1. The highest BCUT2D eigenvalue weighted by atomic mass is 19.1. The predicted octanol–water partition coefficient (Wildman–Crippen LogP) is 5.32. The minimum absolute atomic E-state index is 0.0703. The minimum Gasteiger partial charge on any atom is -0.369 e. The van der Waals surface area contributed by atoms with Gasteiger partial charge in [-0.05, 0) is 86.3 Å². The van der Waals surface area contributed by atoms with E-state index < -0.39 is 6.10 Å². The van der Waals surface area contributed by atoms with E-state index in [2.05, 4.69) is 22.3 Å². The molecule has 3 amide bonds. The maximum atomic E-state index is 13.5. The van der Waals surface area contributed by atoms with Crippen molar-refractivity contribution in [3.05, 3.63) is 119 Å². The molecular formula is C36H39F2N3O4. The van der Waals surface area contributed by atoms with Crippen LogP contribution in [0, 0.1) is 11.6 Å². The smallest absolute Gasteiger partial charge is 0.253 e. The summed E-state index contributed by atoms with van der Waals surface area (Å²) < 4.78 is 33.3. The van der Waals surface area contributed by atoms with Gasteiger partial charge in [-0.2, -0.15) is 0 Å². The molecule has 1 N–H and O–H groups in total. The molecule has 7 nitrogen and oxygen atoms in total. The number of likely N-dealkylation sites (tertiary alicyclic amines) is 1. The molecule has 0 unspecified atom stereocenters. The molecule has 2 aliphatic rings. The zero-order valence-corrected chi connectivity index (χ0v) is 25.3. The Morgan fingerprint density at radius 1 is 0.800 bits per heavy atom. The fraction of sp³-hybridized carbons (Fsp3) is 0.361. The van der Waals surface area contributed by atoms with Crippen LogP contribution >= 0.6 is 0 Å². The van der Waals surface area contributed by atoms with Gasteiger partial charge in [0.1, 0.15) is 17.7 Å². The summed E-state index contributed by atoms with van der Waals surface area (Å²) in [5.41, 5.74) is 2.63. The van der Waals surface area contributed by atoms with Gasteiger partial charge in [-0.1, -0.05) is 54.6 Å². The first-order valence-electron chi connectivity index (χ1n) is 15.5. The van der Waals surface area contributed by atoms with Crippen molar-refractivity contribution in [2.45, 2.75) is 43.6 Å². The van der Waals surface area contributed by atoms with Gasteiger partial charge in [0.15, 0.2) is 0 Å². The number of hydrogen-bond acceptors (Lipinski definition) is 5. The predicted molar refractivity (Wildman–Crippen MR) is 167 cm³/mol. The van der Waals surface area contributed by atoms with Crippen LogP contribution in [0.2, 0.25) is 0 Å². The third-order valence-corrected chi connectivity index (χ3v) is 8.79. The second-order valence-corrected chi connectivity index (χ2v) is 11.7. The Morgan fingerprint density at radius 3 is 1.96 bits per heavy atom. The zero-order chi connectivity index (χ0) is 31.6. The number of rotatable bonds is 14. The molecule has 5 rings (SSSR count). The Hall–Kier alpha value is -4.21. The average Bonchev–Trinajstić information content (AvgIpc) is 3.39. The highest BCUT2D eigenvalue weighted by Crippen LogP contribution is 2.35. The highest BCUT2D eigenvalue weighted by Gasteiger charge is 2.36. The topological polar surface area (TPSA) is 79.0 Å². The van der Waals surface area contributed by atoms with E-state index in [-0.39, 0.29) is 47.7 Å². The Bertz CT molecular complexity index is 1410. The van der Waals surface area contributed by atoms with Gasteiger partial charge >= 0.3 is 0 Å². The van der Waals surface area contributed by atoms with E-state index in [0.717, 1.165) is 61.3 Å². The van der Waals surface area contributed by atoms with Crippen molar-refractivity contribution in [2.75, 3.05) is 39.3 Å². The lowest BCUT2D eigenvalue weighted by Gasteiger charge is -2.42. The fourth-order valence-corrected chi connectivity index (χ4v) is 6.08. The molecule has 0 atom stereocenters. The molecule has 0 saturated carbocycles. The van der Waals surface area contributed by atoms with Crippen molar-refractivity contribution in [1.29, 1.82) is 0 Å². The number of imide groups is 1. The van der Waals surface area contributed by atoms with Crippen molar-refractivity contribution in [2.24, 2.45) is 0 Å². The summed E-state index contributed by atoms with van der Waals surface area (Å²) in [6, 6.07) is 22.7. The molecule has 0 aliphatic carbocycles. The van der Waals surface area contributed by atoms with Gasteiger partial charge < -0.3 is 15.0 Å². The number of unbranched alkanes of at least 4 members (excludes halogenated alkanes) is 1. The van der Waals surface area contributed by atoms with Crippen LogP contribution in [0.4, 0.5) is 8.78 Å². The number of piperidine rings is 1. The maximum absolute atomic E-state index is 13.5. The molecule has 1 saturated heterocycles. The van der Waals surface area contributed by atoms with Gasteiger partial charge in [-0.25, -0.2) is 8.78 Å². The molecule has 1 fully saturated rings. The Balaban J connectivity index is 1.09. The van der Waals surface area contributed by atoms with Gasteiger partial charge in [0, 0.05) is 43.7 Å². The molecule has 2 heterocycles. The summed E-state index contributed by atoms with van der Waals surface area (Å²) in [6.45, 7) is 3.78. The third-order valence-electron chi connectivity index (χ3n) is 8.79. The molecule has 0 spiro atoms. The number of carbonyl (C=O) groups excluding carboxylic acids is 3. The lowest BCUT2D eigenvalue weighted by molar-refractivity contribution is -0.137. The first-order valence-corrected chi connectivity index (χ1v) is 15.5. The van der Waals surface area contributed by atoms with Crippen LogP contribution < -0.4 is 5.32 Å². The number of nitrogens with zero attached hydrogens (tertiary/aromatic N) is 2. The van der Waals surface area contributed by atoms with Crippen LogP contribution in [-0.2, 0) is 24.5 Å². The number of halogens is 2. The van der Waals surface area contributed by atoms with Crippen molar-refractivity contribution in [3.8, 4) is 0 Å². The van der Waals surface area contributed by atoms with E-state index in [1.165, 1.54) is 42.0 Å². The molecule has 3 aromatic carbocycles. The summed E-state index contributed by atoms with van der Waals surface area (Å²) in [4.78, 5) is 39.8. The molecule has 2 aliphatic heterocycles. The fourth-order valence-electron chi connectivity index (χ4n) is 6.08. The summed E-state index contributed by atoms with van der Waals surface area (Å²) in [7, 11) is 0. The lowest BCUT2D eigenvalue weighted by Crippen LogP contribution is -2.49. The summed E-state index contributed by atoms with van der Waals surface area (Å²) in [5, 5.41) is 3.08. The minimum atomic E-state index is -0.407. The molecule has 0 bridgehead atoms. The van der Waals surface area contributed by atoms with Crippen LogP contribution in [0.3, 0.4) is 0 Å². The quantitative estimate of drug-likeness (QED) is 0.196. The van der Waals surface area contributed by atoms with Crippen LogP contribution in [0.15, 0.2) is 91.0 Å². The van der Waals surface area contributed by atoms with Crippen molar-refractivity contribution >= 4 is 17.7 Å². The monoisotopic (exact) mass is 615 g/mol. The van der Waals surface area contributed by atoms with E-state index in [9.17, 15) is 23.2 Å². The van der Waals surface area contributed by atoms with E-state index in [1.807, 2.05) is 18.2 Å². The van der Waals surface area contributed by atoms with E-state index in [0.29, 0.717) is 13.2 Å². The zero-order valence-electron chi connectivity index (χ0n) is 25.3.